The molecule has 15 heavy (non-hydrogen) atoms. The van der Waals surface area contributed by atoms with Crippen molar-refractivity contribution in [3.05, 3.63) is 38.8 Å². The van der Waals surface area contributed by atoms with Gasteiger partial charge in [0, 0.05) is 22.0 Å². The topological polar surface area (TPSA) is 38.9 Å². The van der Waals surface area contributed by atoms with E-state index in [4.69, 9.17) is 17.3 Å². The Morgan fingerprint density at radius 1 is 1.47 bits per heavy atom. The van der Waals surface area contributed by atoms with Crippen LogP contribution in [0.3, 0.4) is 0 Å². The normalized spacial score (nSPS) is 10.6. The second-order valence-electron chi connectivity index (χ2n) is 2.98. The fraction of sp³-hybridized carbons (Fsp3) is 0.100. The minimum atomic E-state index is 0.477. The van der Waals surface area contributed by atoms with E-state index in [9.17, 15) is 0 Å². The maximum absolute atomic E-state index is 5.92. The Morgan fingerprint density at radius 2 is 2.27 bits per heavy atom. The molecule has 0 aliphatic heterocycles. The Morgan fingerprint density at radius 3 is 2.87 bits per heavy atom. The molecule has 2 rings (SSSR count). The van der Waals surface area contributed by atoms with Crippen molar-refractivity contribution in [1.82, 2.24) is 4.98 Å². The molecule has 0 amide bonds. The lowest BCUT2D eigenvalue weighted by Gasteiger charge is -1.99. The molecule has 2 nitrogen and oxygen atoms in total. The average Bonchev–Trinajstić information content (AvgIpc) is 2.70. The van der Waals surface area contributed by atoms with E-state index in [0.717, 1.165) is 20.7 Å². The lowest BCUT2D eigenvalue weighted by molar-refractivity contribution is 1.01. The zero-order chi connectivity index (χ0) is 10.8. The van der Waals surface area contributed by atoms with Crippen molar-refractivity contribution in [3.8, 4) is 10.6 Å². The Balaban J connectivity index is 2.40. The van der Waals surface area contributed by atoms with Crippen molar-refractivity contribution >= 4 is 38.9 Å². The third-order valence-corrected chi connectivity index (χ3v) is 4.08. The van der Waals surface area contributed by atoms with E-state index in [1.54, 1.807) is 11.3 Å². The van der Waals surface area contributed by atoms with Crippen LogP contribution in [0.4, 0.5) is 0 Å². The summed E-state index contributed by atoms with van der Waals surface area (Å²) >= 11 is 10.9. The van der Waals surface area contributed by atoms with Crippen LogP contribution in [0.15, 0.2) is 28.1 Å². The van der Waals surface area contributed by atoms with Gasteiger partial charge in [0.15, 0.2) is 0 Å². The average molecular weight is 304 g/mol. The number of hydrogen-bond donors (Lipinski definition) is 1. The maximum atomic E-state index is 5.92. The maximum Gasteiger partial charge on any atom is 0.123 e. The van der Waals surface area contributed by atoms with Crippen LogP contribution in [-0.4, -0.2) is 4.98 Å². The van der Waals surface area contributed by atoms with Gasteiger partial charge in [0.2, 0.25) is 0 Å². The third-order valence-electron chi connectivity index (χ3n) is 1.93. The molecule has 0 bridgehead atoms. The fourth-order valence-corrected chi connectivity index (χ4v) is 2.49. The van der Waals surface area contributed by atoms with Crippen molar-refractivity contribution in [2.45, 2.75) is 6.54 Å². The highest BCUT2D eigenvalue weighted by Gasteiger charge is 2.05. The quantitative estimate of drug-likeness (QED) is 0.919. The van der Waals surface area contributed by atoms with Crippen LogP contribution in [-0.2, 0) is 6.54 Å². The summed E-state index contributed by atoms with van der Waals surface area (Å²) in [7, 11) is 0. The molecule has 0 radical (unpaired) electrons. The van der Waals surface area contributed by atoms with Gasteiger partial charge in [-0.25, -0.2) is 4.98 Å². The molecule has 0 saturated heterocycles. The summed E-state index contributed by atoms with van der Waals surface area (Å²) in [6.45, 7) is 0.477. The molecule has 0 saturated carbocycles. The smallest absolute Gasteiger partial charge is 0.123 e. The summed E-state index contributed by atoms with van der Waals surface area (Å²) in [4.78, 5) is 4.40. The van der Waals surface area contributed by atoms with Gasteiger partial charge in [0.1, 0.15) is 5.01 Å². The number of halogens is 2. The number of benzene rings is 1. The van der Waals surface area contributed by atoms with Crippen molar-refractivity contribution in [1.29, 1.82) is 0 Å². The molecule has 0 aliphatic rings. The van der Waals surface area contributed by atoms with E-state index < -0.39 is 0 Å². The molecule has 5 heteroatoms. The Labute approximate surface area is 105 Å². The summed E-state index contributed by atoms with van der Waals surface area (Å²) in [6, 6.07) is 5.76. The Kier molecular flexibility index (Phi) is 3.41. The van der Waals surface area contributed by atoms with Gasteiger partial charge in [-0.15, -0.1) is 11.3 Å². The molecule has 0 atom stereocenters. The van der Waals surface area contributed by atoms with Gasteiger partial charge >= 0.3 is 0 Å². The number of hydrogen-bond acceptors (Lipinski definition) is 3. The number of thiazole rings is 1. The molecule has 2 aromatic rings. The first-order valence-electron chi connectivity index (χ1n) is 4.30. The van der Waals surface area contributed by atoms with Crippen LogP contribution in [0.25, 0.3) is 10.6 Å². The van der Waals surface area contributed by atoms with Gasteiger partial charge < -0.3 is 5.73 Å². The highest BCUT2D eigenvalue weighted by molar-refractivity contribution is 9.10. The summed E-state index contributed by atoms with van der Waals surface area (Å²) < 4.78 is 0.881. The fourth-order valence-electron chi connectivity index (χ4n) is 1.16. The lowest BCUT2D eigenvalue weighted by Crippen LogP contribution is -1.95. The largest absolute Gasteiger partial charge is 0.325 e. The highest BCUT2D eigenvalue weighted by atomic mass is 79.9. The zero-order valence-corrected chi connectivity index (χ0v) is 10.9. The molecule has 1 aromatic heterocycles. The number of nitrogens with zero attached hydrogens (tertiary/aromatic N) is 1. The second-order valence-corrected chi connectivity index (χ2v) is 5.10. The first-order chi connectivity index (χ1) is 7.20. The molecule has 0 fully saturated rings. The summed E-state index contributed by atoms with van der Waals surface area (Å²) in [6.07, 6.45) is 0. The first kappa shape index (κ1) is 11.1. The van der Waals surface area contributed by atoms with Gasteiger partial charge in [0.25, 0.3) is 0 Å². The van der Waals surface area contributed by atoms with Crippen LogP contribution in [0.1, 0.15) is 5.69 Å². The lowest BCUT2D eigenvalue weighted by atomic mass is 10.2. The summed E-state index contributed by atoms with van der Waals surface area (Å²) in [5, 5.41) is 3.64. The Bertz CT molecular complexity index is 484. The molecular formula is C10H8BrClN2S. The van der Waals surface area contributed by atoms with Crippen molar-refractivity contribution in [3.63, 3.8) is 0 Å². The minimum Gasteiger partial charge on any atom is -0.325 e. The zero-order valence-electron chi connectivity index (χ0n) is 7.71. The number of nitrogens with two attached hydrogens (primary N) is 1. The van der Waals surface area contributed by atoms with Crippen LogP contribution in [0.5, 0.6) is 0 Å². The van der Waals surface area contributed by atoms with Gasteiger partial charge in [-0.1, -0.05) is 17.7 Å². The highest BCUT2D eigenvalue weighted by Crippen LogP contribution is 2.30. The van der Waals surface area contributed by atoms with Gasteiger partial charge in [-0.3, -0.25) is 0 Å². The molecule has 78 valence electrons. The second kappa shape index (κ2) is 4.61. The number of rotatable bonds is 2. The monoisotopic (exact) mass is 302 g/mol. The van der Waals surface area contributed by atoms with Crippen LogP contribution < -0.4 is 5.73 Å². The van der Waals surface area contributed by atoms with E-state index in [1.807, 2.05) is 23.6 Å². The summed E-state index contributed by atoms with van der Waals surface area (Å²) in [5.74, 6) is 0. The minimum absolute atomic E-state index is 0.477. The molecule has 1 heterocycles. The molecule has 0 spiro atoms. The third kappa shape index (κ3) is 2.39. The van der Waals surface area contributed by atoms with E-state index >= 15 is 0 Å². The van der Waals surface area contributed by atoms with Crippen molar-refractivity contribution in [2.24, 2.45) is 5.73 Å². The van der Waals surface area contributed by atoms with E-state index in [2.05, 4.69) is 20.9 Å². The number of aromatic nitrogens is 1. The van der Waals surface area contributed by atoms with E-state index in [1.165, 1.54) is 0 Å². The van der Waals surface area contributed by atoms with Crippen LogP contribution >= 0.6 is 38.9 Å². The standard InChI is InChI=1S/C10H8BrClN2S/c11-8-3-6(1-2-9(8)12)10-14-7(4-13)5-15-10/h1-3,5H,4,13H2. The first-order valence-corrected chi connectivity index (χ1v) is 6.35. The van der Waals surface area contributed by atoms with Gasteiger partial charge in [-0.05, 0) is 28.1 Å². The summed E-state index contributed by atoms with van der Waals surface area (Å²) in [5.41, 5.74) is 7.48. The van der Waals surface area contributed by atoms with E-state index in [-0.39, 0.29) is 0 Å². The molecular weight excluding hydrogens is 296 g/mol. The van der Waals surface area contributed by atoms with Crippen LogP contribution in [0, 0.1) is 0 Å². The molecule has 0 aliphatic carbocycles. The molecule has 2 N–H and O–H groups in total. The van der Waals surface area contributed by atoms with E-state index in [0.29, 0.717) is 11.6 Å². The Hall–Kier alpha value is -0.420. The van der Waals surface area contributed by atoms with Crippen molar-refractivity contribution < 1.29 is 0 Å². The van der Waals surface area contributed by atoms with Crippen LogP contribution in [0.2, 0.25) is 5.02 Å². The molecule has 0 unspecified atom stereocenters. The van der Waals surface area contributed by atoms with Crippen molar-refractivity contribution in [2.75, 3.05) is 0 Å². The van der Waals surface area contributed by atoms with Gasteiger partial charge in [-0.2, -0.15) is 0 Å². The van der Waals surface area contributed by atoms with Gasteiger partial charge in [0.05, 0.1) is 10.7 Å². The predicted molar refractivity (Wildman–Crippen MR) is 68.2 cm³/mol. The SMILES string of the molecule is NCc1csc(-c2ccc(Cl)c(Br)c2)n1. The predicted octanol–water partition coefficient (Wildman–Crippen LogP) is 3.68. The molecule has 1 aromatic carbocycles.